The normalized spacial score (nSPS) is 12.4. The first-order chi connectivity index (χ1) is 9.04. The number of nitrogens with zero attached hydrogens (tertiary/aromatic N) is 1. The van der Waals surface area contributed by atoms with Gasteiger partial charge in [0.25, 0.3) is 0 Å². The standard InChI is InChI=1S/C15H20N2OS/c1-10-4-5-15(13(6-10)7-11(2)16)18-8-14-9-19-12(3)17-14/h4-6,9,11H,7-8,16H2,1-3H3. The van der Waals surface area contributed by atoms with Crippen LogP contribution in [-0.2, 0) is 13.0 Å². The minimum absolute atomic E-state index is 0.130. The van der Waals surface area contributed by atoms with E-state index < -0.39 is 0 Å². The molecule has 0 aliphatic heterocycles. The molecule has 102 valence electrons. The molecule has 4 heteroatoms. The molecule has 0 saturated heterocycles. The van der Waals surface area contributed by atoms with Crippen LogP contribution >= 0.6 is 11.3 Å². The summed E-state index contributed by atoms with van der Waals surface area (Å²) in [5, 5.41) is 3.10. The highest BCUT2D eigenvalue weighted by molar-refractivity contribution is 7.09. The maximum atomic E-state index is 5.89. The van der Waals surface area contributed by atoms with Gasteiger partial charge in [0.15, 0.2) is 0 Å². The van der Waals surface area contributed by atoms with Gasteiger partial charge in [0.1, 0.15) is 12.4 Å². The van der Waals surface area contributed by atoms with Crippen molar-refractivity contribution in [3.05, 3.63) is 45.4 Å². The molecule has 0 bridgehead atoms. The van der Waals surface area contributed by atoms with E-state index in [0.717, 1.165) is 22.9 Å². The Bertz CT molecular complexity index is 549. The molecule has 0 saturated carbocycles. The lowest BCUT2D eigenvalue weighted by molar-refractivity contribution is 0.298. The molecule has 1 aromatic heterocycles. The fourth-order valence-corrected chi connectivity index (χ4v) is 2.58. The molecular formula is C15H20N2OS. The Morgan fingerprint density at radius 1 is 1.37 bits per heavy atom. The van der Waals surface area contributed by atoms with Crippen LogP contribution in [0.3, 0.4) is 0 Å². The van der Waals surface area contributed by atoms with Crippen LogP contribution in [0.2, 0.25) is 0 Å². The summed E-state index contributed by atoms with van der Waals surface area (Å²) in [6, 6.07) is 6.36. The second kappa shape index (κ2) is 6.17. The Morgan fingerprint density at radius 3 is 2.79 bits per heavy atom. The van der Waals surface area contributed by atoms with Gasteiger partial charge in [0.05, 0.1) is 10.7 Å². The highest BCUT2D eigenvalue weighted by Gasteiger charge is 2.08. The molecule has 1 atom stereocenters. The monoisotopic (exact) mass is 276 g/mol. The number of benzene rings is 1. The molecule has 2 rings (SSSR count). The first kappa shape index (κ1) is 14.0. The van der Waals surface area contributed by atoms with E-state index in [-0.39, 0.29) is 6.04 Å². The molecule has 1 aromatic carbocycles. The van der Waals surface area contributed by atoms with E-state index in [4.69, 9.17) is 10.5 Å². The molecule has 2 N–H and O–H groups in total. The lowest BCUT2D eigenvalue weighted by Gasteiger charge is -2.13. The third-order valence-corrected chi connectivity index (χ3v) is 3.62. The van der Waals surface area contributed by atoms with Gasteiger partial charge in [-0.1, -0.05) is 17.7 Å². The summed E-state index contributed by atoms with van der Waals surface area (Å²) in [4.78, 5) is 4.40. The molecule has 0 aliphatic rings. The largest absolute Gasteiger partial charge is 0.487 e. The van der Waals surface area contributed by atoms with Gasteiger partial charge in [0.2, 0.25) is 0 Å². The van der Waals surface area contributed by atoms with Gasteiger partial charge < -0.3 is 10.5 Å². The zero-order valence-electron chi connectivity index (χ0n) is 11.6. The highest BCUT2D eigenvalue weighted by Crippen LogP contribution is 2.22. The molecule has 2 aromatic rings. The van der Waals surface area contributed by atoms with Crippen molar-refractivity contribution in [2.24, 2.45) is 5.73 Å². The molecule has 3 nitrogen and oxygen atoms in total. The third-order valence-electron chi connectivity index (χ3n) is 2.80. The Kier molecular flexibility index (Phi) is 4.56. The second-order valence-electron chi connectivity index (χ2n) is 4.94. The van der Waals surface area contributed by atoms with Crippen molar-refractivity contribution in [3.8, 4) is 5.75 Å². The van der Waals surface area contributed by atoms with Gasteiger partial charge in [-0.2, -0.15) is 0 Å². The van der Waals surface area contributed by atoms with E-state index in [1.807, 2.05) is 25.3 Å². The number of aromatic nitrogens is 1. The SMILES string of the molecule is Cc1ccc(OCc2csc(C)n2)c(CC(C)N)c1. The fourth-order valence-electron chi connectivity index (χ4n) is 1.98. The van der Waals surface area contributed by atoms with E-state index in [1.165, 1.54) is 11.1 Å². The van der Waals surface area contributed by atoms with E-state index in [9.17, 15) is 0 Å². The van der Waals surface area contributed by atoms with Gasteiger partial charge in [0, 0.05) is 11.4 Å². The Balaban J connectivity index is 2.10. The van der Waals surface area contributed by atoms with Crippen LogP contribution in [0, 0.1) is 13.8 Å². The summed E-state index contributed by atoms with van der Waals surface area (Å²) in [7, 11) is 0. The van der Waals surface area contributed by atoms with E-state index in [0.29, 0.717) is 6.61 Å². The third kappa shape index (κ3) is 4.04. The van der Waals surface area contributed by atoms with Crippen molar-refractivity contribution < 1.29 is 4.74 Å². The first-order valence-electron chi connectivity index (χ1n) is 6.43. The van der Waals surface area contributed by atoms with E-state index >= 15 is 0 Å². The van der Waals surface area contributed by atoms with Crippen molar-refractivity contribution in [2.75, 3.05) is 0 Å². The average molecular weight is 276 g/mol. The van der Waals surface area contributed by atoms with Crippen molar-refractivity contribution in [1.82, 2.24) is 4.98 Å². The van der Waals surface area contributed by atoms with Crippen LogP contribution in [0.4, 0.5) is 0 Å². The minimum atomic E-state index is 0.130. The number of aryl methyl sites for hydroxylation is 2. The summed E-state index contributed by atoms with van der Waals surface area (Å²) in [6.45, 7) is 6.61. The summed E-state index contributed by atoms with van der Waals surface area (Å²) in [5.74, 6) is 0.911. The number of nitrogens with two attached hydrogens (primary N) is 1. The van der Waals surface area contributed by atoms with Gasteiger partial charge in [-0.15, -0.1) is 11.3 Å². The van der Waals surface area contributed by atoms with Crippen LogP contribution in [0.15, 0.2) is 23.6 Å². The summed E-state index contributed by atoms with van der Waals surface area (Å²) in [5.41, 5.74) is 9.27. The van der Waals surface area contributed by atoms with Crippen molar-refractivity contribution in [3.63, 3.8) is 0 Å². The molecular weight excluding hydrogens is 256 g/mol. The Hall–Kier alpha value is -1.39. The van der Waals surface area contributed by atoms with Gasteiger partial charge >= 0.3 is 0 Å². The molecule has 0 aliphatic carbocycles. The Labute approximate surface area is 118 Å². The fraction of sp³-hybridized carbons (Fsp3) is 0.400. The van der Waals surface area contributed by atoms with Crippen LogP contribution in [-0.4, -0.2) is 11.0 Å². The quantitative estimate of drug-likeness (QED) is 0.912. The zero-order chi connectivity index (χ0) is 13.8. The zero-order valence-corrected chi connectivity index (χ0v) is 12.5. The molecule has 19 heavy (non-hydrogen) atoms. The number of hydrogen-bond donors (Lipinski definition) is 1. The van der Waals surface area contributed by atoms with Gasteiger partial charge in [-0.25, -0.2) is 4.98 Å². The van der Waals surface area contributed by atoms with Crippen molar-refractivity contribution in [2.45, 2.75) is 39.8 Å². The predicted molar refractivity (Wildman–Crippen MR) is 79.7 cm³/mol. The molecule has 0 fully saturated rings. The molecule has 0 spiro atoms. The van der Waals surface area contributed by atoms with Crippen molar-refractivity contribution in [1.29, 1.82) is 0 Å². The maximum Gasteiger partial charge on any atom is 0.131 e. The van der Waals surface area contributed by atoms with Crippen LogP contribution in [0.1, 0.15) is 28.8 Å². The molecule has 0 radical (unpaired) electrons. The highest BCUT2D eigenvalue weighted by atomic mass is 32.1. The van der Waals surface area contributed by atoms with Gasteiger partial charge in [-0.05, 0) is 38.8 Å². The molecule has 1 unspecified atom stereocenters. The predicted octanol–water partition coefficient (Wildman–Crippen LogP) is 3.23. The van der Waals surface area contributed by atoms with Crippen molar-refractivity contribution >= 4 is 11.3 Å². The number of ether oxygens (including phenoxy) is 1. The Morgan fingerprint density at radius 2 is 2.16 bits per heavy atom. The van der Waals surface area contributed by atoms with Crippen LogP contribution < -0.4 is 10.5 Å². The smallest absolute Gasteiger partial charge is 0.131 e. The van der Waals surface area contributed by atoms with Crippen LogP contribution in [0.5, 0.6) is 5.75 Å². The number of hydrogen-bond acceptors (Lipinski definition) is 4. The van der Waals surface area contributed by atoms with E-state index in [1.54, 1.807) is 11.3 Å². The van der Waals surface area contributed by atoms with Gasteiger partial charge in [-0.3, -0.25) is 0 Å². The molecule has 1 heterocycles. The summed E-state index contributed by atoms with van der Waals surface area (Å²) in [6.07, 6.45) is 0.826. The first-order valence-corrected chi connectivity index (χ1v) is 7.31. The topological polar surface area (TPSA) is 48.1 Å². The summed E-state index contributed by atoms with van der Waals surface area (Å²) >= 11 is 1.65. The molecule has 0 amide bonds. The second-order valence-corrected chi connectivity index (χ2v) is 6.00. The average Bonchev–Trinajstić information content (AvgIpc) is 2.73. The van der Waals surface area contributed by atoms with Crippen LogP contribution in [0.25, 0.3) is 0 Å². The number of rotatable bonds is 5. The lowest BCUT2D eigenvalue weighted by atomic mass is 10.0. The van der Waals surface area contributed by atoms with E-state index in [2.05, 4.69) is 24.0 Å². The minimum Gasteiger partial charge on any atom is -0.487 e. The lowest BCUT2D eigenvalue weighted by Crippen LogP contribution is -2.18. The maximum absolute atomic E-state index is 5.89. The summed E-state index contributed by atoms with van der Waals surface area (Å²) < 4.78 is 5.88. The number of thiazole rings is 1.